The van der Waals surface area contributed by atoms with Gasteiger partial charge in [0.15, 0.2) is 0 Å². The van der Waals surface area contributed by atoms with Gasteiger partial charge in [-0.1, -0.05) is 43.4 Å². The van der Waals surface area contributed by atoms with Gasteiger partial charge in [0.05, 0.1) is 5.58 Å². The van der Waals surface area contributed by atoms with Gasteiger partial charge in [-0.05, 0) is 42.7 Å². The van der Waals surface area contributed by atoms with Gasteiger partial charge in [0.2, 0.25) is 5.71 Å². The predicted molar refractivity (Wildman–Crippen MR) is 192 cm³/mol. The van der Waals surface area contributed by atoms with E-state index in [1.54, 1.807) is 4.40 Å². The molecule has 0 aliphatic rings. The van der Waals surface area contributed by atoms with E-state index in [-0.39, 0.29) is 20.1 Å². The first kappa shape index (κ1) is 35.7. The summed E-state index contributed by atoms with van der Waals surface area (Å²) in [6.45, 7) is 13.3. The first-order chi connectivity index (χ1) is 21.4. The Bertz CT molecular complexity index is 1910. The van der Waals surface area contributed by atoms with Crippen LogP contribution >= 0.6 is 0 Å². The molecule has 0 aliphatic carbocycles. The van der Waals surface area contributed by atoms with E-state index in [0.717, 1.165) is 51.0 Å². The van der Waals surface area contributed by atoms with E-state index in [0.29, 0.717) is 23.5 Å². The van der Waals surface area contributed by atoms with Gasteiger partial charge in [-0.3, -0.25) is 0 Å². The third-order valence-electron chi connectivity index (χ3n) is 8.41. The normalized spacial score (nSPS) is 12.2. The van der Waals surface area contributed by atoms with Crippen molar-refractivity contribution in [3.8, 4) is 22.5 Å². The molecule has 1 unspecified atom stereocenters. The number of benzene rings is 2. The van der Waals surface area contributed by atoms with Gasteiger partial charge in [0.25, 0.3) is 0 Å². The topological polar surface area (TPSA) is 51.8 Å². The van der Waals surface area contributed by atoms with Crippen molar-refractivity contribution in [1.29, 1.82) is 0 Å². The molecule has 0 N–H and O–H groups in total. The summed E-state index contributed by atoms with van der Waals surface area (Å²) in [6.07, 6.45) is 5.15. The van der Waals surface area contributed by atoms with Crippen molar-refractivity contribution in [2.45, 2.75) is 71.1 Å². The average molecular weight is 849 g/mol. The largest absolute Gasteiger partial charge is 0.486 e. The Labute approximate surface area is 291 Å². The molecule has 0 fully saturated rings. The van der Waals surface area contributed by atoms with Crippen LogP contribution < -0.4 is 4.40 Å². The van der Waals surface area contributed by atoms with Gasteiger partial charge in [-0.25, -0.2) is 4.98 Å². The zero-order valence-corrected chi connectivity index (χ0v) is 33.0. The Hall–Kier alpha value is -3.12. The fraction of sp³-hybridized carbons (Fsp3) is 0.325. The van der Waals surface area contributed by atoms with Crippen molar-refractivity contribution >= 4 is 39.7 Å². The van der Waals surface area contributed by atoms with Gasteiger partial charge >= 0.3 is 126 Å². The van der Waals surface area contributed by atoms with Crippen LogP contribution in [-0.4, -0.2) is 28.2 Å². The number of rotatable bonds is 7. The first-order valence-electron chi connectivity index (χ1n) is 16.1. The molecule has 6 heteroatoms. The van der Waals surface area contributed by atoms with E-state index >= 15 is 0 Å². The first-order valence-corrected chi connectivity index (χ1v) is 23.4. The Morgan fingerprint density at radius 2 is 1.61 bits per heavy atom. The van der Waals surface area contributed by atoms with Crippen molar-refractivity contribution in [3.05, 3.63) is 108 Å². The third kappa shape index (κ3) is 8.23. The Balaban J connectivity index is 0.000000210. The van der Waals surface area contributed by atoms with Gasteiger partial charge in [0.1, 0.15) is 0 Å². The molecule has 1 radical (unpaired) electrons. The molecule has 0 bridgehead atoms. The van der Waals surface area contributed by atoms with Crippen LogP contribution in [-0.2, 0) is 26.5 Å². The Morgan fingerprint density at radius 3 is 2.28 bits per heavy atom. The summed E-state index contributed by atoms with van der Waals surface area (Å²) in [5, 5.41) is 2.09. The van der Waals surface area contributed by atoms with Crippen LogP contribution in [0.4, 0.5) is 0 Å². The summed E-state index contributed by atoms with van der Waals surface area (Å²) >= 11 is -1.86. The standard InChI is InChI=1S/C22H21N2O.C18H24GeN.Ir/c1-13(2)15(4)16-10-11-23-20(12-16)19-7-5-6-17-18-9-8-14(3)24-22(18)25-21(17)19;1-14(2)11-16-12-18(15-9-7-6-8-10-15)20-13-17(16)19(3,4)5;/h5-6,8-13,15H,1-4H3;6-9,12-14H,11H2,1-5H3;/q2*-1;. The molecule has 4 heterocycles. The number of aryl methyl sites for hydroxylation is 1. The molecular weight excluding hydrogens is 803 g/mol. The molecule has 2 aromatic carbocycles. The SMILES string of the molecule is CC(C)Cc1cc(-c2[c-]cccc2)nc[c]1[Ge]([CH3])([CH3])[CH3].Cc1ccc2c(n1)oc1c(-c3cc(C(C)C(C)C)ccn3)[c-]ccc12.[Ir]. The molecule has 0 amide bonds. The van der Waals surface area contributed by atoms with Crippen LogP contribution in [0.5, 0.6) is 0 Å². The van der Waals surface area contributed by atoms with Crippen molar-refractivity contribution in [2.75, 3.05) is 0 Å². The molecule has 4 aromatic heterocycles. The molecule has 0 aliphatic heterocycles. The summed E-state index contributed by atoms with van der Waals surface area (Å²) in [5.41, 5.74) is 9.13. The van der Waals surface area contributed by atoms with Crippen molar-refractivity contribution in [1.82, 2.24) is 15.0 Å². The summed E-state index contributed by atoms with van der Waals surface area (Å²) < 4.78 is 7.62. The van der Waals surface area contributed by atoms with Gasteiger partial charge in [0, 0.05) is 37.4 Å². The number of aromatic nitrogens is 3. The van der Waals surface area contributed by atoms with Crippen LogP contribution in [0.25, 0.3) is 44.6 Å². The minimum Gasteiger partial charge on any atom is -0.486 e. The number of pyridine rings is 3. The fourth-order valence-electron chi connectivity index (χ4n) is 5.64. The molecule has 1 atom stereocenters. The van der Waals surface area contributed by atoms with Crippen LogP contribution in [0.1, 0.15) is 57.4 Å². The van der Waals surface area contributed by atoms with E-state index in [1.165, 1.54) is 11.1 Å². The second-order valence-electron chi connectivity index (χ2n) is 13.9. The smallest absolute Gasteiger partial charge is 0.216 e. The molecule has 6 rings (SSSR count). The van der Waals surface area contributed by atoms with E-state index in [1.807, 2.05) is 49.5 Å². The molecule has 6 aromatic rings. The zero-order valence-electron chi connectivity index (χ0n) is 28.5. The molecule has 46 heavy (non-hydrogen) atoms. The van der Waals surface area contributed by atoms with Gasteiger partial charge in [-0.15, -0.1) is 18.2 Å². The van der Waals surface area contributed by atoms with E-state index in [2.05, 4.69) is 111 Å². The summed E-state index contributed by atoms with van der Waals surface area (Å²) in [5.74, 6) is 9.04. The zero-order chi connectivity index (χ0) is 32.3. The molecule has 4 nitrogen and oxygen atoms in total. The van der Waals surface area contributed by atoms with Crippen LogP contribution in [0, 0.1) is 30.9 Å². The quantitative estimate of drug-likeness (QED) is 0.119. The third-order valence-corrected chi connectivity index (χ3v) is 12.7. The van der Waals surface area contributed by atoms with Crippen LogP contribution in [0.3, 0.4) is 0 Å². The molecule has 0 saturated heterocycles. The van der Waals surface area contributed by atoms with E-state index in [9.17, 15) is 0 Å². The minimum absolute atomic E-state index is 0. The molecule has 0 saturated carbocycles. The summed E-state index contributed by atoms with van der Waals surface area (Å²) in [7, 11) is 0. The van der Waals surface area contributed by atoms with Crippen molar-refractivity contribution < 1.29 is 24.5 Å². The summed E-state index contributed by atoms with van der Waals surface area (Å²) in [4.78, 5) is 13.8. The molecule has 241 valence electrons. The molecule has 0 spiro atoms. The maximum Gasteiger partial charge on any atom is 0.216 e. The number of nitrogens with zero attached hydrogens (tertiary/aromatic N) is 3. The van der Waals surface area contributed by atoms with Gasteiger partial charge < -0.3 is 9.40 Å². The van der Waals surface area contributed by atoms with E-state index < -0.39 is 13.3 Å². The Morgan fingerprint density at radius 1 is 0.826 bits per heavy atom. The fourth-order valence-corrected chi connectivity index (χ4v) is 8.97. The average Bonchev–Trinajstić information content (AvgIpc) is 3.38. The number of hydrogen-bond acceptors (Lipinski definition) is 4. The predicted octanol–water partition coefficient (Wildman–Crippen LogP) is 10.2. The minimum atomic E-state index is -1.86. The van der Waals surface area contributed by atoms with Crippen LogP contribution in [0.15, 0.2) is 83.5 Å². The number of fused-ring (bicyclic) bond motifs is 3. The Kier molecular flexibility index (Phi) is 11.8. The maximum absolute atomic E-state index is 6.08. The van der Waals surface area contributed by atoms with Crippen LogP contribution in [0.2, 0.25) is 17.3 Å². The summed E-state index contributed by atoms with van der Waals surface area (Å²) in [6, 6.07) is 29.3. The number of furan rings is 1. The van der Waals surface area contributed by atoms with Crippen molar-refractivity contribution in [2.24, 2.45) is 11.8 Å². The second kappa shape index (κ2) is 15.2. The second-order valence-corrected chi connectivity index (χ2v) is 24.4. The monoisotopic (exact) mass is 850 g/mol. The maximum atomic E-state index is 6.08. The van der Waals surface area contributed by atoms with E-state index in [4.69, 9.17) is 9.40 Å². The number of hydrogen-bond donors (Lipinski definition) is 0. The van der Waals surface area contributed by atoms with Gasteiger partial charge in [-0.2, -0.15) is 0 Å². The molecular formula is C40H45GeIrN3O-2. The van der Waals surface area contributed by atoms with Crippen molar-refractivity contribution in [3.63, 3.8) is 0 Å².